The molecule has 2 fully saturated rings. The molecule has 3 nitrogen and oxygen atoms in total. The third kappa shape index (κ3) is 2.21. The van der Waals surface area contributed by atoms with Crippen molar-refractivity contribution in [3.05, 3.63) is 0 Å². The highest BCUT2D eigenvalue weighted by atomic mass is 16.2. The van der Waals surface area contributed by atoms with Crippen LogP contribution in [0.5, 0.6) is 0 Å². The zero-order valence-corrected chi connectivity index (χ0v) is 10.2. The van der Waals surface area contributed by atoms with Gasteiger partial charge in [-0.25, -0.2) is 0 Å². The van der Waals surface area contributed by atoms with Gasteiger partial charge in [-0.2, -0.15) is 5.26 Å². The Morgan fingerprint density at radius 1 is 1.25 bits per heavy atom. The second-order valence-corrected chi connectivity index (χ2v) is 6.11. The standard InChI is InChI=1S/C13H20N2O/c1-12(2)5-3-10(4-6-12)15-11(16)13(9-14)7-8-13/h10H,3-8H2,1-2H3,(H,15,16). The number of rotatable bonds is 2. The van der Waals surface area contributed by atoms with Crippen molar-refractivity contribution in [3.63, 3.8) is 0 Å². The Morgan fingerprint density at radius 3 is 2.25 bits per heavy atom. The van der Waals surface area contributed by atoms with E-state index in [-0.39, 0.29) is 5.91 Å². The summed E-state index contributed by atoms with van der Waals surface area (Å²) in [7, 11) is 0. The van der Waals surface area contributed by atoms with Crippen molar-refractivity contribution in [3.8, 4) is 6.07 Å². The Kier molecular flexibility index (Phi) is 2.69. The first-order chi connectivity index (χ1) is 7.47. The molecule has 0 atom stereocenters. The van der Waals surface area contributed by atoms with Gasteiger partial charge in [-0.3, -0.25) is 4.79 Å². The maximum Gasteiger partial charge on any atom is 0.240 e. The quantitative estimate of drug-likeness (QED) is 0.776. The van der Waals surface area contributed by atoms with Crippen molar-refractivity contribution in [2.75, 3.05) is 0 Å². The largest absolute Gasteiger partial charge is 0.352 e. The van der Waals surface area contributed by atoms with Crippen LogP contribution in [0, 0.1) is 22.2 Å². The van der Waals surface area contributed by atoms with E-state index in [9.17, 15) is 4.79 Å². The second kappa shape index (κ2) is 3.76. The van der Waals surface area contributed by atoms with E-state index in [0.29, 0.717) is 11.5 Å². The van der Waals surface area contributed by atoms with Gasteiger partial charge in [0.15, 0.2) is 0 Å². The predicted molar refractivity (Wildman–Crippen MR) is 61.5 cm³/mol. The van der Waals surface area contributed by atoms with Crippen molar-refractivity contribution < 1.29 is 4.79 Å². The lowest BCUT2D eigenvalue weighted by atomic mass is 9.75. The van der Waals surface area contributed by atoms with Crippen LogP contribution in [0.25, 0.3) is 0 Å². The van der Waals surface area contributed by atoms with E-state index in [1.165, 1.54) is 0 Å². The molecule has 2 rings (SSSR count). The fraction of sp³-hybridized carbons (Fsp3) is 0.846. The molecule has 1 N–H and O–H groups in total. The fourth-order valence-corrected chi connectivity index (χ4v) is 2.38. The molecule has 0 aliphatic heterocycles. The molecular weight excluding hydrogens is 200 g/mol. The van der Waals surface area contributed by atoms with Crippen LogP contribution >= 0.6 is 0 Å². The first-order valence-corrected chi connectivity index (χ1v) is 6.20. The van der Waals surface area contributed by atoms with E-state index in [1.54, 1.807) is 0 Å². The number of amides is 1. The number of nitrogens with zero attached hydrogens (tertiary/aromatic N) is 1. The molecule has 0 unspecified atom stereocenters. The molecule has 0 spiro atoms. The minimum Gasteiger partial charge on any atom is -0.352 e. The van der Waals surface area contributed by atoms with Crippen LogP contribution in [-0.2, 0) is 4.79 Å². The maximum absolute atomic E-state index is 11.9. The van der Waals surface area contributed by atoms with Crippen LogP contribution in [0.1, 0.15) is 52.4 Å². The van der Waals surface area contributed by atoms with Gasteiger partial charge in [0.2, 0.25) is 5.91 Å². The Hall–Kier alpha value is -1.04. The zero-order valence-electron chi connectivity index (χ0n) is 10.2. The molecule has 16 heavy (non-hydrogen) atoms. The minimum atomic E-state index is -0.660. The van der Waals surface area contributed by atoms with Gasteiger partial charge < -0.3 is 5.32 Å². The van der Waals surface area contributed by atoms with Crippen molar-refractivity contribution in [2.24, 2.45) is 10.8 Å². The van der Waals surface area contributed by atoms with Crippen molar-refractivity contribution in [1.29, 1.82) is 5.26 Å². The van der Waals surface area contributed by atoms with Crippen LogP contribution in [-0.4, -0.2) is 11.9 Å². The number of carbonyl (C=O) groups is 1. The summed E-state index contributed by atoms with van der Waals surface area (Å²) in [6.07, 6.45) is 5.93. The number of hydrogen-bond acceptors (Lipinski definition) is 2. The molecule has 2 aliphatic carbocycles. The van der Waals surface area contributed by atoms with Gasteiger partial charge in [0.1, 0.15) is 5.41 Å². The highest BCUT2D eigenvalue weighted by molar-refractivity contribution is 5.88. The van der Waals surface area contributed by atoms with Gasteiger partial charge in [-0.1, -0.05) is 13.8 Å². The lowest BCUT2D eigenvalue weighted by Crippen LogP contribution is -2.42. The molecule has 0 bridgehead atoms. The van der Waals surface area contributed by atoms with E-state index in [0.717, 1.165) is 38.5 Å². The summed E-state index contributed by atoms with van der Waals surface area (Å²) < 4.78 is 0. The molecule has 2 saturated carbocycles. The molecule has 1 amide bonds. The summed E-state index contributed by atoms with van der Waals surface area (Å²) in [5.74, 6) is -0.0280. The average molecular weight is 220 g/mol. The normalized spacial score (nSPS) is 26.8. The van der Waals surface area contributed by atoms with Gasteiger partial charge >= 0.3 is 0 Å². The number of carbonyl (C=O) groups excluding carboxylic acids is 1. The van der Waals surface area contributed by atoms with E-state index >= 15 is 0 Å². The zero-order chi connectivity index (χ0) is 11.8. The highest BCUT2D eigenvalue weighted by Crippen LogP contribution is 2.45. The topological polar surface area (TPSA) is 52.9 Å². The molecule has 88 valence electrons. The summed E-state index contributed by atoms with van der Waals surface area (Å²) >= 11 is 0. The summed E-state index contributed by atoms with van der Waals surface area (Å²) in [6.45, 7) is 4.56. The Morgan fingerprint density at radius 2 is 1.81 bits per heavy atom. The Bertz CT molecular complexity index is 326. The third-order valence-corrected chi connectivity index (χ3v) is 4.07. The summed E-state index contributed by atoms with van der Waals surface area (Å²) in [4.78, 5) is 11.9. The number of nitrogens with one attached hydrogen (secondary N) is 1. The van der Waals surface area contributed by atoms with Gasteiger partial charge in [-0.05, 0) is 43.9 Å². The van der Waals surface area contributed by atoms with Crippen LogP contribution in [0.2, 0.25) is 0 Å². The predicted octanol–water partition coefficient (Wildman–Crippen LogP) is 2.38. The summed E-state index contributed by atoms with van der Waals surface area (Å²) in [5.41, 5.74) is -0.235. The summed E-state index contributed by atoms with van der Waals surface area (Å²) in [5, 5.41) is 12.0. The van der Waals surface area contributed by atoms with E-state index in [4.69, 9.17) is 5.26 Å². The van der Waals surface area contributed by atoms with E-state index in [2.05, 4.69) is 25.2 Å². The van der Waals surface area contributed by atoms with Crippen LogP contribution in [0.3, 0.4) is 0 Å². The molecular formula is C13H20N2O. The molecule has 0 heterocycles. The Labute approximate surface area is 97.2 Å². The van der Waals surface area contributed by atoms with Gasteiger partial charge in [0, 0.05) is 6.04 Å². The van der Waals surface area contributed by atoms with Gasteiger partial charge in [0.05, 0.1) is 6.07 Å². The van der Waals surface area contributed by atoms with Crippen molar-refractivity contribution in [2.45, 2.75) is 58.4 Å². The monoisotopic (exact) mass is 220 g/mol. The Balaban J connectivity index is 1.84. The SMILES string of the molecule is CC1(C)CCC(NC(=O)C2(C#N)CC2)CC1. The molecule has 0 aromatic heterocycles. The fourth-order valence-electron chi connectivity index (χ4n) is 2.38. The van der Waals surface area contributed by atoms with Crippen LogP contribution in [0.15, 0.2) is 0 Å². The lowest BCUT2D eigenvalue weighted by molar-refractivity contribution is -0.125. The van der Waals surface area contributed by atoms with E-state index in [1.807, 2.05) is 0 Å². The van der Waals surface area contributed by atoms with Crippen LogP contribution in [0.4, 0.5) is 0 Å². The number of hydrogen-bond donors (Lipinski definition) is 1. The molecule has 0 aromatic rings. The van der Waals surface area contributed by atoms with Crippen molar-refractivity contribution >= 4 is 5.91 Å². The molecule has 0 radical (unpaired) electrons. The minimum absolute atomic E-state index is 0.0280. The first kappa shape index (κ1) is 11.4. The van der Waals surface area contributed by atoms with Gasteiger partial charge in [0.25, 0.3) is 0 Å². The smallest absolute Gasteiger partial charge is 0.240 e. The average Bonchev–Trinajstić information content (AvgIpc) is 3.02. The maximum atomic E-state index is 11.9. The lowest BCUT2D eigenvalue weighted by Gasteiger charge is -2.34. The second-order valence-electron chi connectivity index (χ2n) is 6.11. The molecule has 0 saturated heterocycles. The first-order valence-electron chi connectivity index (χ1n) is 6.20. The molecule has 2 aliphatic rings. The third-order valence-electron chi connectivity index (χ3n) is 4.07. The molecule has 3 heteroatoms. The van der Waals surface area contributed by atoms with E-state index < -0.39 is 5.41 Å². The van der Waals surface area contributed by atoms with Crippen molar-refractivity contribution in [1.82, 2.24) is 5.32 Å². The van der Waals surface area contributed by atoms with Gasteiger partial charge in [-0.15, -0.1) is 0 Å². The summed E-state index contributed by atoms with van der Waals surface area (Å²) in [6, 6.07) is 2.44. The number of nitriles is 1. The highest BCUT2D eigenvalue weighted by Gasteiger charge is 2.51. The molecule has 0 aromatic carbocycles. The van der Waals surface area contributed by atoms with Crippen LogP contribution < -0.4 is 5.32 Å².